The molecule has 3 atom stereocenters. The van der Waals surface area contributed by atoms with Gasteiger partial charge in [0.2, 0.25) is 0 Å². The fourth-order valence-electron chi connectivity index (χ4n) is 0.923. The van der Waals surface area contributed by atoms with Crippen LogP contribution in [0.3, 0.4) is 0 Å². The van der Waals surface area contributed by atoms with Crippen molar-refractivity contribution in [3.8, 4) is 6.07 Å². The van der Waals surface area contributed by atoms with Crippen LogP contribution >= 0.6 is 16.8 Å². The number of nitrogens with zero attached hydrogens (tertiary/aromatic N) is 1. The normalized spacial score (nSPS) is 20.6. The predicted octanol–water partition coefficient (Wildman–Crippen LogP) is 4.71. The lowest BCUT2D eigenvalue weighted by Crippen LogP contribution is -2.42. The third-order valence-corrected chi connectivity index (χ3v) is 9.63. The maximum atomic E-state index is 12.8. The maximum absolute atomic E-state index is 12.8. The van der Waals surface area contributed by atoms with Gasteiger partial charge in [-0.05, 0) is 13.3 Å². The van der Waals surface area contributed by atoms with Gasteiger partial charge in [-0.1, -0.05) is 44.0 Å². The van der Waals surface area contributed by atoms with Gasteiger partial charge in [0.25, 0.3) is 5.60 Å². The first-order valence-electron chi connectivity index (χ1n) is 5.49. The van der Waals surface area contributed by atoms with E-state index in [1.807, 2.05) is 13.8 Å². The second kappa shape index (κ2) is 6.60. The summed E-state index contributed by atoms with van der Waals surface area (Å²) in [4.78, 5) is 0. The molecule has 0 aliphatic carbocycles. The highest BCUT2D eigenvalue weighted by molar-refractivity contribution is 8.69. The highest BCUT2D eigenvalue weighted by Crippen LogP contribution is 2.65. The van der Waals surface area contributed by atoms with E-state index in [-0.39, 0.29) is 5.25 Å². The lowest BCUT2D eigenvalue weighted by Gasteiger charge is -2.32. The smallest absolute Gasteiger partial charge is 0.311 e. The summed E-state index contributed by atoms with van der Waals surface area (Å²) in [7, 11) is 0. The molecule has 0 rings (SSSR count). The van der Waals surface area contributed by atoms with Gasteiger partial charge in [0, 0.05) is 11.4 Å². The van der Waals surface area contributed by atoms with Crippen molar-refractivity contribution in [2.75, 3.05) is 6.16 Å². The molecule has 0 aliphatic heterocycles. The molecule has 18 heavy (non-hydrogen) atoms. The molecule has 8 heteroatoms. The molecule has 0 radical (unpaired) electrons. The van der Waals surface area contributed by atoms with Crippen molar-refractivity contribution in [1.82, 2.24) is 0 Å². The van der Waals surface area contributed by atoms with Crippen LogP contribution in [0, 0.1) is 11.3 Å². The van der Waals surface area contributed by atoms with Crippen molar-refractivity contribution >= 4 is 28.7 Å². The maximum Gasteiger partial charge on any atom is 0.431 e. The first kappa shape index (κ1) is 18.2. The Morgan fingerprint density at radius 3 is 2.22 bits per heavy atom. The van der Waals surface area contributed by atoms with Crippen LogP contribution < -0.4 is 0 Å². The Bertz CT molecular complexity index is 369. The van der Waals surface area contributed by atoms with E-state index in [9.17, 15) is 13.2 Å². The van der Waals surface area contributed by atoms with E-state index in [4.69, 9.17) is 21.6 Å². The van der Waals surface area contributed by atoms with E-state index >= 15 is 0 Å². The average Bonchev–Trinajstić information content (AvgIpc) is 2.27. The Labute approximate surface area is 115 Å². The standard InChI is InChI=1S/C10H17F3NOPS2/c1-5-8(3)18-16(17,6-2)15-9(4,7-14)10(11,12)13/h8H,5-6H2,1-4H3. The van der Waals surface area contributed by atoms with Gasteiger partial charge in [0.15, 0.2) is 0 Å². The van der Waals surface area contributed by atoms with Gasteiger partial charge in [-0.3, -0.25) is 0 Å². The van der Waals surface area contributed by atoms with Crippen LogP contribution in [0.15, 0.2) is 0 Å². The van der Waals surface area contributed by atoms with Crippen molar-refractivity contribution in [2.24, 2.45) is 0 Å². The number of hydrogen-bond donors (Lipinski definition) is 0. The first-order chi connectivity index (χ1) is 8.03. The minimum Gasteiger partial charge on any atom is -0.311 e. The minimum absolute atomic E-state index is 0.118. The van der Waals surface area contributed by atoms with Crippen LogP contribution in [-0.4, -0.2) is 23.2 Å². The molecule has 0 aromatic heterocycles. The zero-order chi connectivity index (χ0) is 14.6. The molecule has 2 nitrogen and oxygen atoms in total. The summed E-state index contributed by atoms with van der Waals surface area (Å²) in [6, 6.07) is 1.20. The van der Waals surface area contributed by atoms with Gasteiger partial charge >= 0.3 is 6.18 Å². The average molecular weight is 319 g/mol. The molecule has 0 bridgehead atoms. The largest absolute Gasteiger partial charge is 0.431 e. The molecular formula is C10H17F3NOPS2. The van der Waals surface area contributed by atoms with Crippen LogP contribution in [0.1, 0.15) is 34.1 Å². The molecule has 0 heterocycles. The Balaban J connectivity index is 5.13. The summed E-state index contributed by atoms with van der Waals surface area (Å²) in [5.41, 5.74) is -5.52. The fraction of sp³-hybridized carbons (Fsp3) is 0.900. The second-order valence-electron chi connectivity index (χ2n) is 3.99. The third kappa shape index (κ3) is 4.73. The Morgan fingerprint density at radius 2 is 1.94 bits per heavy atom. The van der Waals surface area contributed by atoms with E-state index in [0.717, 1.165) is 13.3 Å². The molecule has 0 aromatic carbocycles. The SMILES string of the molecule is CCC(C)SP(=S)(CC)OC(C)(C#N)C(F)(F)F. The van der Waals surface area contributed by atoms with Gasteiger partial charge in [0.05, 0.1) is 0 Å². The molecule has 0 amide bonds. The highest BCUT2D eigenvalue weighted by Gasteiger charge is 2.55. The van der Waals surface area contributed by atoms with E-state index in [1.165, 1.54) is 17.5 Å². The van der Waals surface area contributed by atoms with E-state index in [0.29, 0.717) is 6.16 Å². The monoisotopic (exact) mass is 319 g/mol. The summed E-state index contributed by atoms with van der Waals surface area (Å²) in [6.45, 7) is 6.26. The molecule has 0 N–H and O–H groups in total. The fourth-order valence-corrected chi connectivity index (χ4v) is 7.53. The van der Waals surface area contributed by atoms with Crippen molar-refractivity contribution in [1.29, 1.82) is 5.26 Å². The summed E-state index contributed by atoms with van der Waals surface area (Å²) in [5, 5.41) is 8.86. The molecule has 0 fully saturated rings. The number of halogens is 3. The predicted molar refractivity (Wildman–Crippen MR) is 73.3 cm³/mol. The Hall–Kier alpha value is 0.240. The van der Waals surface area contributed by atoms with E-state index < -0.39 is 17.2 Å². The number of alkyl halides is 3. The van der Waals surface area contributed by atoms with Crippen LogP contribution in [0.5, 0.6) is 0 Å². The van der Waals surface area contributed by atoms with Crippen molar-refractivity contribution < 1.29 is 17.7 Å². The lowest BCUT2D eigenvalue weighted by atomic mass is 10.1. The quantitative estimate of drug-likeness (QED) is 0.664. The van der Waals surface area contributed by atoms with Gasteiger partial charge in [-0.2, -0.15) is 18.4 Å². The zero-order valence-electron chi connectivity index (χ0n) is 10.7. The van der Waals surface area contributed by atoms with E-state index in [1.54, 1.807) is 6.92 Å². The molecule has 0 saturated heterocycles. The van der Waals surface area contributed by atoms with Crippen molar-refractivity contribution in [3.05, 3.63) is 0 Å². The number of nitriles is 1. The topological polar surface area (TPSA) is 33.0 Å². The molecule has 3 unspecified atom stereocenters. The van der Waals surface area contributed by atoms with Gasteiger partial charge in [0.1, 0.15) is 11.5 Å². The van der Waals surface area contributed by atoms with Gasteiger partial charge in [-0.15, -0.1) is 0 Å². The highest BCUT2D eigenvalue weighted by atomic mass is 32.9. The van der Waals surface area contributed by atoms with Crippen LogP contribution in [-0.2, 0) is 16.3 Å². The zero-order valence-corrected chi connectivity index (χ0v) is 13.3. The van der Waals surface area contributed by atoms with Crippen molar-refractivity contribution in [2.45, 2.75) is 51.1 Å². The van der Waals surface area contributed by atoms with Crippen molar-refractivity contribution in [3.63, 3.8) is 0 Å². The summed E-state index contributed by atoms with van der Waals surface area (Å²) < 4.78 is 43.5. The number of rotatable bonds is 6. The summed E-state index contributed by atoms with van der Waals surface area (Å²) in [5.74, 6) is 0. The van der Waals surface area contributed by atoms with Gasteiger partial charge < -0.3 is 4.52 Å². The number of hydrogen-bond acceptors (Lipinski definition) is 4. The minimum atomic E-state index is -4.74. The first-order valence-corrected chi connectivity index (χ1v) is 9.88. The molecule has 0 spiro atoms. The van der Waals surface area contributed by atoms with Crippen LogP contribution in [0.25, 0.3) is 0 Å². The lowest BCUT2D eigenvalue weighted by molar-refractivity contribution is -0.216. The molecule has 0 aliphatic rings. The molecule has 0 aromatic rings. The Morgan fingerprint density at radius 1 is 1.44 bits per heavy atom. The molecule has 0 saturated carbocycles. The van der Waals surface area contributed by atoms with Crippen LogP contribution in [0.2, 0.25) is 0 Å². The van der Waals surface area contributed by atoms with Gasteiger partial charge in [-0.25, -0.2) is 0 Å². The molecular weight excluding hydrogens is 302 g/mol. The summed E-state index contributed by atoms with van der Waals surface area (Å²) >= 11 is 6.49. The molecule has 106 valence electrons. The summed E-state index contributed by atoms with van der Waals surface area (Å²) in [6.07, 6.45) is -3.62. The third-order valence-electron chi connectivity index (χ3n) is 2.38. The second-order valence-corrected chi connectivity index (χ2v) is 11.9. The van der Waals surface area contributed by atoms with E-state index in [2.05, 4.69) is 0 Å². The van der Waals surface area contributed by atoms with Crippen LogP contribution in [0.4, 0.5) is 13.2 Å². The Kier molecular flexibility index (Phi) is 6.69.